The normalized spacial score (nSPS) is 10.4. The Bertz CT molecular complexity index is 717. The Hall–Kier alpha value is -2.90. The summed E-state index contributed by atoms with van der Waals surface area (Å²) in [6.45, 7) is 0.378. The third kappa shape index (κ3) is 6.25. The van der Waals surface area contributed by atoms with E-state index in [1.807, 2.05) is 0 Å². The quantitative estimate of drug-likeness (QED) is 0.639. The highest BCUT2D eigenvalue weighted by molar-refractivity contribution is 5.92. The van der Waals surface area contributed by atoms with Crippen molar-refractivity contribution in [1.29, 1.82) is 0 Å². The van der Waals surface area contributed by atoms with E-state index >= 15 is 0 Å². The van der Waals surface area contributed by atoms with Crippen LogP contribution in [0.15, 0.2) is 34.9 Å². The molecule has 25 heavy (non-hydrogen) atoms. The fourth-order valence-corrected chi connectivity index (χ4v) is 2.07. The molecular weight excluding hydrogens is 331 g/mol. The lowest BCUT2D eigenvalue weighted by atomic mass is 10.2. The number of benzene rings is 1. The second-order valence-electron chi connectivity index (χ2n) is 5.36. The molecule has 1 heterocycles. The van der Waals surface area contributed by atoms with Crippen molar-refractivity contribution in [3.8, 4) is 5.75 Å². The summed E-state index contributed by atoms with van der Waals surface area (Å²) < 4.78 is 23.7. The third-order valence-electron chi connectivity index (χ3n) is 3.35. The molecule has 0 bridgehead atoms. The number of para-hydroxylation sites is 1. The van der Waals surface area contributed by atoms with Crippen LogP contribution in [0.2, 0.25) is 0 Å². The summed E-state index contributed by atoms with van der Waals surface area (Å²) in [4.78, 5) is 22.3. The first-order chi connectivity index (χ1) is 12.1. The number of amides is 1. The number of ether oxygens (including phenoxy) is 1. The van der Waals surface area contributed by atoms with Gasteiger partial charge in [0.2, 0.25) is 0 Å². The van der Waals surface area contributed by atoms with Crippen LogP contribution in [0.1, 0.15) is 41.9 Å². The van der Waals surface area contributed by atoms with Gasteiger partial charge in [0.25, 0.3) is 5.91 Å². The van der Waals surface area contributed by atoms with E-state index in [9.17, 15) is 14.0 Å². The summed E-state index contributed by atoms with van der Waals surface area (Å²) in [6, 6.07) is 7.41. The van der Waals surface area contributed by atoms with Gasteiger partial charge in [-0.15, -0.1) is 0 Å². The average molecular weight is 350 g/mol. The second kappa shape index (κ2) is 9.41. The van der Waals surface area contributed by atoms with Crippen molar-refractivity contribution >= 4 is 11.9 Å². The molecule has 2 N–H and O–H groups in total. The molecule has 2 rings (SSSR count). The van der Waals surface area contributed by atoms with E-state index in [1.54, 1.807) is 12.1 Å². The molecule has 1 aromatic heterocycles. The van der Waals surface area contributed by atoms with Crippen LogP contribution in [-0.2, 0) is 11.4 Å². The zero-order chi connectivity index (χ0) is 18.1. The molecule has 0 aliphatic carbocycles. The van der Waals surface area contributed by atoms with E-state index in [0.717, 1.165) is 0 Å². The van der Waals surface area contributed by atoms with Crippen LogP contribution in [0.3, 0.4) is 0 Å². The maximum atomic E-state index is 13.4. The van der Waals surface area contributed by atoms with E-state index in [-0.39, 0.29) is 30.4 Å². The molecule has 0 radical (unpaired) electrons. The van der Waals surface area contributed by atoms with Gasteiger partial charge in [-0.05, 0) is 25.0 Å². The van der Waals surface area contributed by atoms with Crippen molar-refractivity contribution in [2.24, 2.45) is 0 Å². The smallest absolute Gasteiger partial charge is 0.303 e. The molecule has 8 heteroatoms. The Morgan fingerprint density at radius 2 is 2.04 bits per heavy atom. The summed E-state index contributed by atoms with van der Waals surface area (Å²) in [5, 5.41) is 14.8. The number of carbonyl (C=O) groups is 2. The standard InChI is InChI=1S/C17H19FN2O5/c18-13-6-3-4-7-15(13)24-11-12-10-14(20-25-12)17(23)19-9-5-1-2-8-16(21)22/h3-4,6-7,10H,1-2,5,8-9,11H2,(H,19,23)(H,21,22). The molecule has 0 saturated heterocycles. The summed E-state index contributed by atoms with van der Waals surface area (Å²) in [7, 11) is 0. The number of carboxylic acid groups (broad SMARTS) is 1. The molecule has 0 spiro atoms. The third-order valence-corrected chi connectivity index (χ3v) is 3.35. The number of hydrogen-bond donors (Lipinski definition) is 2. The Balaban J connectivity index is 1.72. The molecule has 0 fully saturated rings. The number of aliphatic carboxylic acids is 1. The van der Waals surface area contributed by atoms with Gasteiger partial charge in [0.15, 0.2) is 23.0 Å². The Labute approximate surface area is 143 Å². The first-order valence-corrected chi connectivity index (χ1v) is 7.89. The van der Waals surface area contributed by atoms with Crippen molar-refractivity contribution in [3.05, 3.63) is 47.6 Å². The van der Waals surface area contributed by atoms with Crippen molar-refractivity contribution in [2.45, 2.75) is 32.3 Å². The van der Waals surface area contributed by atoms with Gasteiger partial charge in [-0.2, -0.15) is 0 Å². The van der Waals surface area contributed by atoms with E-state index in [4.69, 9.17) is 14.4 Å². The van der Waals surface area contributed by atoms with Crippen LogP contribution in [0.5, 0.6) is 5.75 Å². The summed E-state index contributed by atoms with van der Waals surface area (Å²) in [5.41, 5.74) is 0.109. The monoisotopic (exact) mass is 350 g/mol. The number of rotatable bonds is 10. The highest BCUT2D eigenvalue weighted by Gasteiger charge is 2.13. The Morgan fingerprint density at radius 3 is 2.80 bits per heavy atom. The first-order valence-electron chi connectivity index (χ1n) is 7.89. The van der Waals surface area contributed by atoms with Crippen LogP contribution in [0, 0.1) is 5.82 Å². The van der Waals surface area contributed by atoms with Gasteiger partial charge in [-0.25, -0.2) is 4.39 Å². The van der Waals surface area contributed by atoms with Crippen LogP contribution in [0.25, 0.3) is 0 Å². The molecule has 0 atom stereocenters. The van der Waals surface area contributed by atoms with Gasteiger partial charge >= 0.3 is 5.97 Å². The molecule has 134 valence electrons. The molecule has 0 unspecified atom stereocenters. The molecule has 1 amide bonds. The number of nitrogens with one attached hydrogen (secondary N) is 1. The zero-order valence-corrected chi connectivity index (χ0v) is 13.5. The minimum Gasteiger partial charge on any atom is -0.482 e. The fraction of sp³-hybridized carbons (Fsp3) is 0.353. The number of carbonyl (C=O) groups excluding carboxylic acids is 1. The van der Waals surface area contributed by atoms with E-state index in [1.165, 1.54) is 18.2 Å². The zero-order valence-electron chi connectivity index (χ0n) is 13.5. The maximum Gasteiger partial charge on any atom is 0.303 e. The average Bonchev–Trinajstić information content (AvgIpc) is 3.06. The van der Waals surface area contributed by atoms with Crippen molar-refractivity contribution in [2.75, 3.05) is 6.54 Å². The predicted octanol–water partition coefficient (Wildman–Crippen LogP) is 2.77. The van der Waals surface area contributed by atoms with Crippen LogP contribution < -0.4 is 10.1 Å². The number of nitrogens with zero attached hydrogens (tertiary/aromatic N) is 1. The lowest BCUT2D eigenvalue weighted by Crippen LogP contribution is -2.24. The molecule has 1 aromatic carbocycles. The van der Waals surface area contributed by atoms with Gasteiger partial charge < -0.3 is 19.7 Å². The number of unbranched alkanes of at least 4 members (excludes halogenated alkanes) is 2. The number of carboxylic acids is 1. The molecule has 7 nitrogen and oxygen atoms in total. The van der Waals surface area contributed by atoms with Crippen molar-refractivity contribution in [3.63, 3.8) is 0 Å². The Morgan fingerprint density at radius 1 is 1.24 bits per heavy atom. The predicted molar refractivity (Wildman–Crippen MR) is 85.7 cm³/mol. The van der Waals surface area contributed by atoms with E-state index in [2.05, 4.69) is 10.5 Å². The van der Waals surface area contributed by atoms with Gasteiger partial charge in [0.1, 0.15) is 6.61 Å². The van der Waals surface area contributed by atoms with Crippen LogP contribution in [0.4, 0.5) is 4.39 Å². The molecular formula is C17H19FN2O5. The lowest BCUT2D eigenvalue weighted by Gasteiger charge is -2.03. The van der Waals surface area contributed by atoms with Gasteiger partial charge in [0, 0.05) is 19.0 Å². The lowest BCUT2D eigenvalue weighted by molar-refractivity contribution is -0.137. The van der Waals surface area contributed by atoms with Crippen molar-refractivity contribution < 1.29 is 28.3 Å². The SMILES string of the molecule is O=C(O)CCCCCNC(=O)c1cc(COc2ccccc2F)on1. The van der Waals surface area contributed by atoms with Crippen molar-refractivity contribution in [1.82, 2.24) is 10.5 Å². The summed E-state index contributed by atoms with van der Waals surface area (Å²) in [5.74, 6) is -1.31. The molecule has 0 saturated carbocycles. The topological polar surface area (TPSA) is 102 Å². The van der Waals surface area contributed by atoms with Crippen LogP contribution in [-0.4, -0.2) is 28.7 Å². The van der Waals surface area contributed by atoms with E-state index < -0.39 is 11.8 Å². The van der Waals surface area contributed by atoms with Gasteiger partial charge in [0.05, 0.1) is 0 Å². The fourth-order valence-electron chi connectivity index (χ4n) is 2.07. The molecule has 0 aliphatic heterocycles. The Kier molecular flexibility index (Phi) is 6.94. The van der Waals surface area contributed by atoms with Crippen LogP contribution >= 0.6 is 0 Å². The summed E-state index contributed by atoms with van der Waals surface area (Å²) >= 11 is 0. The first kappa shape index (κ1) is 18.4. The minimum atomic E-state index is -0.822. The van der Waals surface area contributed by atoms with Gasteiger partial charge in [-0.3, -0.25) is 9.59 Å². The molecule has 0 aliphatic rings. The maximum absolute atomic E-state index is 13.4. The largest absolute Gasteiger partial charge is 0.482 e. The van der Waals surface area contributed by atoms with Gasteiger partial charge in [-0.1, -0.05) is 23.7 Å². The van der Waals surface area contributed by atoms with E-state index in [0.29, 0.717) is 31.6 Å². The number of halogens is 1. The minimum absolute atomic E-state index is 0.0452. The summed E-state index contributed by atoms with van der Waals surface area (Å²) in [6.07, 6.45) is 2.10. The number of aromatic nitrogens is 1. The molecule has 2 aromatic rings. The number of hydrogen-bond acceptors (Lipinski definition) is 5. The highest BCUT2D eigenvalue weighted by Crippen LogP contribution is 2.17. The highest BCUT2D eigenvalue weighted by atomic mass is 19.1. The second-order valence-corrected chi connectivity index (χ2v) is 5.36.